The number of benzene rings is 2. The fourth-order valence-corrected chi connectivity index (χ4v) is 2.72. The first-order valence-corrected chi connectivity index (χ1v) is 8.60. The quantitative estimate of drug-likeness (QED) is 0.517. The molecule has 25 heavy (non-hydrogen) atoms. The topological polar surface area (TPSA) is 84.9 Å². The molecule has 0 fully saturated rings. The molecule has 0 heterocycles. The summed E-state index contributed by atoms with van der Waals surface area (Å²) >= 11 is 1.99. The molecule has 0 bridgehead atoms. The standard InChI is InChI=1S/C18H18INO5/c1-24-18(23)20-15(10-13-7-8-16(21)14(19)9-13)17(22)25-11-12-5-3-2-4-6-12/h2-9,15,21H,10-11H2,1H3,(H,20,23)/t15-/m0/s1. The minimum atomic E-state index is -0.892. The molecule has 2 N–H and O–H groups in total. The van der Waals surface area contributed by atoms with Crippen molar-refractivity contribution >= 4 is 34.7 Å². The van der Waals surface area contributed by atoms with Gasteiger partial charge in [0.25, 0.3) is 0 Å². The molecule has 0 aliphatic rings. The number of esters is 1. The Bertz CT molecular complexity index is 736. The lowest BCUT2D eigenvalue weighted by Gasteiger charge is -2.17. The van der Waals surface area contributed by atoms with Crippen LogP contribution in [0.3, 0.4) is 0 Å². The van der Waals surface area contributed by atoms with Crippen molar-refractivity contribution in [2.45, 2.75) is 19.1 Å². The molecule has 132 valence electrons. The smallest absolute Gasteiger partial charge is 0.407 e. The highest BCUT2D eigenvalue weighted by atomic mass is 127. The highest BCUT2D eigenvalue weighted by molar-refractivity contribution is 14.1. The Morgan fingerprint density at radius 3 is 2.52 bits per heavy atom. The predicted octanol–water partition coefficient (Wildman–Crippen LogP) is 3.01. The molecule has 0 aliphatic carbocycles. The molecule has 2 rings (SSSR count). The minimum absolute atomic E-state index is 0.117. The van der Waals surface area contributed by atoms with E-state index >= 15 is 0 Å². The van der Waals surface area contributed by atoms with E-state index in [1.165, 1.54) is 7.11 Å². The third kappa shape index (κ3) is 5.93. The van der Waals surface area contributed by atoms with Gasteiger partial charge in [-0.3, -0.25) is 0 Å². The Hall–Kier alpha value is -2.29. The lowest BCUT2D eigenvalue weighted by atomic mass is 10.1. The van der Waals surface area contributed by atoms with Gasteiger partial charge in [-0.2, -0.15) is 0 Å². The van der Waals surface area contributed by atoms with Crippen molar-refractivity contribution in [2.75, 3.05) is 7.11 Å². The van der Waals surface area contributed by atoms with E-state index < -0.39 is 18.1 Å². The van der Waals surface area contributed by atoms with E-state index in [1.54, 1.807) is 18.2 Å². The van der Waals surface area contributed by atoms with Crippen LogP contribution >= 0.6 is 22.6 Å². The molecule has 0 spiro atoms. The van der Waals surface area contributed by atoms with Gasteiger partial charge in [0.15, 0.2) is 0 Å². The highest BCUT2D eigenvalue weighted by Crippen LogP contribution is 2.21. The first kappa shape index (κ1) is 19.0. The van der Waals surface area contributed by atoms with E-state index in [1.807, 2.05) is 52.9 Å². The third-order valence-corrected chi connectivity index (χ3v) is 4.30. The zero-order chi connectivity index (χ0) is 18.2. The summed E-state index contributed by atoms with van der Waals surface area (Å²) in [5, 5.41) is 12.1. The van der Waals surface area contributed by atoms with Crippen molar-refractivity contribution in [2.24, 2.45) is 0 Å². The van der Waals surface area contributed by atoms with E-state index in [9.17, 15) is 14.7 Å². The molecule has 0 radical (unpaired) electrons. The maximum Gasteiger partial charge on any atom is 0.407 e. The summed E-state index contributed by atoms with van der Waals surface area (Å²) in [5.74, 6) is -0.397. The second kappa shape index (κ2) is 9.26. The summed E-state index contributed by atoms with van der Waals surface area (Å²) in [6.07, 6.45) is -0.492. The number of carbonyl (C=O) groups is 2. The summed E-state index contributed by atoms with van der Waals surface area (Å²) in [6, 6.07) is 13.4. The molecular weight excluding hydrogens is 437 g/mol. The molecule has 0 aliphatic heterocycles. The number of methoxy groups -OCH3 is 1. The van der Waals surface area contributed by atoms with E-state index in [-0.39, 0.29) is 18.8 Å². The first-order chi connectivity index (χ1) is 12.0. The number of alkyl carbamates (subject to hydrolysis) is 1. The van der Waals surface area contributed by atoms with Gasteiger partial charge in [0.1, 0.15) is 18.4 Å². The molecule has 0 saturated heterocycles. The molecule has 1 amide bonds. The van der Waals surface area contributed by atoms with Crippen molar-refractivity contribution < 1.29 is 24.2 Å². The average Bonchev–Trinajstić information content (AvgIpc) is 2.62. The monoisotopic (exact) mass is 455 g/mol. The maximum absolute atomic E-state index is 12.4. The Labute approximate surface area is 159 Å². The SMILES string of the molecule is COC(=O)N[C@@H](Cc1ccc(O)c(I)c1)C(=O)OCc1ccccc1. The Morgan fingerprint density at radius 1 is 1.16 bits per heavy atom. The van der Waals surface area contributed by atoms with Crippen LogP contribution in [0.4, 0.5) is 4.79 Å². The van der Waals surface area contributed by atoms with Crippen molar-refractivity contribution in [1.29, 1.82) is 0 Å². The largest absolute Gasteiger partial charge is 0.507 e. The average molecular weight is 455 g/mol. The number of hydrogen-bond donors (Lipinski definition) is 2. The van der Waals surface area contributed by atoms with Crippen molar-refractivity contribution in [3.63, 3.8) is 0 Å². The third-order valence-electron chi connectivity index (χ3n) is 3.44. The van der Waals surface area contributed by atoms with Crippen LogP contribution in [0.25, 0.3) is 0 Å². The van der Waals surface area contributed by atoms with E-state index in [0.29, 0.717) is 3.57 Å². The molecule has 0 aromatic heterocycles. The second-order valence-corrected chi connectivity index (χ2v) is 6.43. The van der Waals surface area contributed by atoms with Gasteiger partial charge in [-0.25, -0.2) is 9.59 Å². The fourth-order valence-electron chi connectivity index (χ4n) is 2.14. The number of amides is 1. The van der Waals surface area contributed by atoms with E-state index in [0.717, 1.165) is 11.1 Å². The number of phenolic OH excluding ortho intramolecular Hbond substituents is 1. The summed E-state index contributed by atoms with van der Waals surface area (Å²) in [4.78, 5) is 23.9. The number of phenols is 1. The second-order valence-electron chi connectivity index (χ2n) is 5.27. The molecule has 1 atom stereocenters. The van der Waals surface area contributed by atoms with Gasteiger partial charge in [0.05, 0.1) is 10.7 Å². The number of ether oxygens (including phenoxy) is 2. The zero-order valence-electron chi connectivity index (χ0n) is 13.6. The van der Waals surface area contributed by atoms with Gasteiger partial charge >= 0.3 is 12.1 Å². The molecule has 0 unspecified atom stereocenters. The van der Waals surface area contributed by atoms with Crippen LogP contribution in [0.2, 0.25) is 0 Å². The van der Waals surface area contributed by atoms with E-state index in [2.05, 4.69) is 10.1 Å². The normalized spacial score (nSPS) is 11.4. The number of carbonyl (C=O) groups excluding carboxylic acids is 2. The summed E-state index contributed by atoms with van der Waals surface area (Å²) in [5.41, 5.74) is 1.63. The molecule has 2 aromatic carbocycles. The van der Waals surface area contributed by atoms with Crippen LogP contribution < -0.4 is 5.32 Å². The first-order valence-electron chi connectivity index (χ1n) is 7.52. The lowest BCUT2D eigenvalue weighted by molar-refractivity contribution is -0.147. The summed E-state index contributed by atoms with van der Waals surface area (Å²) < 4.78 is 10.5. The van der Waals surface area contributed by atoms with Gasteiger partial charge in [-0.05, 0) is 45.9 Å². The van der Waals surface area contributed by atoms with Crippen LogP contribution in [0.1, 0.15) is 11.1 Å². The Kier molecular flexibility index (Phi) is 7.05. The minimum Gasteiger partial charge on any atom is -0.507 e. The number of nitrogens with one attached hydrogen (secondary N) is 1. The predicted molar refractivity (Wildman–Crippen MR) is 100 cm³/mol. The molecule has 7 heteroatoms. The number of aromatic hydroxyl groups is 1. The number of rotatable bonds is 6. The van der Waals surface area contributed by atoms with Crippen LogP contribution in [-0.2, 0) is 27.3 Å². The summed E-state index contributed by atoms with van der Waals surface area (Å²) in [7, 11) is 1.23. The molecule has 6 nitrogen and oxygen atoms in total. The Balaban J connectivity index is 2.06. The van der Waals surface area contributed by atoms with Crippen LogP contribution in [-0.4, -0.2) is 30.3 Å². The number of hydrogen-bond acceptors (Lipinski definition) is 5. The van der Waals surface area contributed by atoms with Crippen LogP contribution in [0.5, 0.6) is 5.75 Å². The lowest BCUT2D eigenvalue weighted by Crippen LogP contribution is -2.43. The highest BCUT2D eigenvalue weighted by Gasteiger charge is 2.23. The van der Waals surface area contributed by atoms with Crippen LogP contribution in [0, 0.1) is 3.57 Å². The van der Waals surface area contributed by atoms with Crippen LogP contribution in [0.15, 0.2) is 48.5 Å². The zero-order valence-corrected chi connectivity index (χ0v) is 15.7. The van der Waals surface area contributed by atoms with Gasteiger partial charge in [0.2, 0.25) is 0 Å². The molecular formula is C18H18INO5. The fraction of sp³-hybridized carbons (Fsp3) is 0.222. The van der Waals surface area contributed by atoms with Crippen molar-refractivity contribution in [3.05, 3.63) is 63.2 Å². The van der Waals surface area contributed by atoms with Crippen molar-refractivity contribution in [3.8, 4) is 5.75 Å². The number of halogens is 1. The van der Waals surface area contributed by atoms with Crippen molar-refractivity contribution in [1.82, 2.24) is 5.32 Å². The summed E-state index contributed by atoms with van der Waals surface area (Å²) in [6.45, 7) is 0.117. The van der Waals surface area contributed by atoms with Gasteiger partial charge in [-0.1, -0.05) is 36.4 Å². The maximum atomic E-state index is 12.4. The van der Waals surface area contributed by atoms with Gasteiger partial charge in [-0.15, -0.1) is 0 Å². The van der Waals surface area contributed by atoms with E-state index in [4.69, 9.17) is 4.74 Å². The van der Waals surface area contributed by atoms with Gasteiger partial charge in [0, 0.05) is 6.42 Å². The van der Waals surface area contributed by atoms with Gasteiger partial charge < -0.3 is 19.9 Å². The molecule has 2 aromatic rings. The Morgan fingerprint density at radius 2 is 1.88 bits per heavy atom. The molecule has 0 saturated carbocycles.